The van der Waals surface area contributed by atoms with E-state index in [1.54, 1.807) is 0 Å². The molecular formula is C15H11F6NO4. The largest absolute Gasteiger partial charge is 0.419 e. The molecule has 11 heteroatoms. The fourth-order valence-corrected chi connectivity index (χ4v) is 2.02. The first kappa shape index (κ1) is 19.6. The van der Waals surface area contributed by atoms with Crippen LogP contribution in [0.1, 0.15) is 25.0 Å². The number of halogens is 6. The number of esters is 2. The molecule has 5 nitrogen and oxygen atoms in total. The predicted molar refractivity (Wildman–Crippen MR) is 74.4 cm³/mol. The molecule has 1 heterocycles. The first-order valence-corrected chi connectivity index (χ1v) is 6.92. The number of nitrogens with one attached hydrogen (secondary N) is 1. The maximum atomic E-state index is 13.0. The van der Waals surface area contributed by atoms with Gasteiger partial charge in [-0.2, -0.15) is 26.3 Å². The zero-order valence-electron chi connectivity index (χ0n) is 13.2. The number of ether oxygens (including phenoxy) is 2. The Labute approximate surface area is 142 Å². The van der Waals surface area contributed by atoms with E-state index in [1.807, 2.05) is 5.32 Å². The highest BCUT2D eigenvalue weighted by molar-refractivity contribution is 6.15. The maximum Gasteiger partial charge on any atom is 0.418 e. The molecule has 0 bridgehead atoms. The lowest BCUT2D eigenvalue weighted by Crippen LogP contribution is -2.42. The van der Waals surface area contributed by atoms with Crippen LogP contribution >= 0.6 is 0 Å². The van der Waals surface area contributed by atoms with E-state index >= 15 is 0 Å². The Kier molecular flexibility index (Phi) is 4.69. The fraction of sp³-hybridized carbons (Fsp3) is 0.333. The maximum absolute atomic E-state index is 13.0. The highest BCUT2D eigenvalue weighted by atomic mass is 19.4. The van der Waals surface area contributed by atoms with Crippen molar-refractivity contribution >= 4 is 17.6 Å². The van der Waals surface area contributed by atoms with Crippen LogP contribution < -0.4 is 5.32 Å². The Hall–Kier alpha value is -2.72. The summed E-state index contributed by atoms with van der Waals surface area (Å²) in [5.74, 6) is -3.96. The lowest BCUT2D eigenvalue weighted by atomic mass is 10.1. The molecule has 1 aromatic rings. The van der Waals surface area contributed by atoms with Gasteiger partial charge in [0.25, 0.3) is 5.79 Å². The number of carbonyl (C=O) groups is 2. The van der Waals surface area contributed by atoms with E-state index in [-0.39, 0.29) is 18.2 Å². The smallest absolute Gasteiger partial charge is 0.418 e. The van der Waals surface area contributed by atoms with Crippen LogP contribution in [0, 0.1) is 0 Å². The second-order valence-corrected chi connectivity index (χ2v) is 5.64. The molecule has 1 fully saturated rings. The van der Waals surface area contributed by atoms with Gasteiger partial charge in [0, 0.05) is 20.0 Å². The van der Waals surface area contributed by atoms with Gasteiger partial charge < -0.3 is 14.8 Å². The van der Waals surface area contributed by atoms with Crippen LogP contribution in [0.25, 0.3) is 0 Å². The first-order chi connectivity index (χ1) is 11.7. The third-order valence-corrected chi connectivity index (χ3v) is 3.14. The van der Waals surface area contributed by atoms with Crippen LogP contribution in [0.15, 0.2) is 30.0 Å². The molecule has 2 rings (SSSR count). The number of hydrogen-bond acceptors (Lipinski definition) is 5. The van der Waals surface area contributed by atoms with E-state index in [0.29, 0.717) is 6.20 Å². The molecule has 1 N–H and O–H groups in total. The SMILES string of the molecule is CC1(C)OC(=O)C(=CNc2cc(C(F)(F)F)ccc2C(F)(F)F)C(=O)O1. The zero-order chi connectivity index (χ0) is 19.9. The quantitative estimate of drug-likeness (QED) is 0.364. The number of carbonyl (C=O) groups excluding carboxylic acids is 2. The molecule has 0 aliphatic carbocycles. The molecular weight excluding hydrogens is 372 g/mol. The second kappa shape index (κ2) is 6.22. The van der Waals surface area contributed by atoms with E-state index in [2.05, 4.69) is 0 Å². The summed E-state index contributed by atoms with van der Waals surface area (Å²) in [6.45, 7) is 2.50. The molecule has 0 saturated carbocycles. The molecule has 1 aromatic carbocycles. The molecule has 0 unspecified atom stereocenters. The number of cyclic esters (lactones) is 2. The summed E-state index contributed by atoms with van der Waals surface area (Å²) in [5, 5.41) is 1.91. The lowest BCUT2D eigenvalue weighted by Gasteiger charge is -2.29. The molecule has 0 amide bonds. The Morgan fingerprint density at radius 1 is 0.962 bits per heavy atom. The number of rotatable bonds is 2. The Morgan fingerprint density at radius 2 is 1.50 bits per heavy atom. The van der Waals surface area contributed by atoms with Gasteiger partial charge in [-0.15, -0.1) is 0 Å². The van der Waals surface area contributed by atoms with Crippen molar-refractivity contribution in [2.45, 2.75) is 32.0 Å². The monoisotopic (exact) mass is 383 g/mol. The molecule has 1 aliphatic heterocycles. The minimum Gasteiger partial charge on any atom is -0.419 e. The summed E-state index contributed by atoms with van der Waals surface area (Å²) >= 11 is 0. The third kappa shape index (κ3) is 4.27. The number of anilines is 1. The summed E-state index contributed by atoms with van der Waals surface area (Å²) in [6, 6.07) is 0.723. The zero-order valence-corrected chi connectivity index (χ0v) is 13.2. The van der Waals surface area contributed by atoms with E-state index in [4.69, 9.17) is 9.47 Å². The van der Waals surface area contributed by atoms with Crippen molar-refractivity contribution in [3.63, 3.8) is 0 Å². The Bertz CT molecular complexity index is 757. The van der Waals surface area contributed by atoms with Crippen molar-refractivity contribution < 1.29 is 45.4 Å². The van der Waals surface area contributed by atoms with Gasteiger partial charge in [-0.1, -0.05) is 0 Å². The molecule has 0 spiro atoms. The van der Waals surface area contributed by atoms with Crippen LogP contribution in [-0.4, -0.2) is 17.7 Å². The molecule has 0 radical (unpaired) electrons. The minimum atomic E-state index is -4.97. The topological polar surface area (TPSA) is 64.6 Å². The van der Waals surface area contributed by atoms with Crippen molar-refractivity contribution in [2.75, 3.05) is 5.32 Å². The highest BCUT2D eigenvalue weighted by Gasteiger charge is 2.40. The second-order valence-electron chi connectivity index (χ2n) is 5.64. The number of hydrogen-bond donors (Lipinski definition) is 1. The van der Waals surface area contributed by atoms with Gasteiger partial charge in [-0.05, 0) is 18.2 Å². The first-order valence-electron chi connectivity index (χ1n) is 6.92. The molecule has 142 valence electrons. The van der Waals surface area contributed by atoms with Gasteiger partial charge in [0.05, 0.1) is 16.8 Å². The Balaban J connectivity index is 2.41. The van der Waals surface area contributed by atoms with Crippen molar-refractivity contribution in [3.8, 4) is 0 Å². The normalized spacial score (nSPS) is 17.5. The van der Waals surface area contributed by atoms with Crippen LogP contribution in [-0.2, 0) is 31.4 Å². The van der Waals surface area contributed by atoms with Gasteiger partial charge >= 0.3 is 24.3 Å². The molecule has 0 aromatic heterocycles. The third-order valence-electron chi connectivity index (χ3n) is 3.14. The average Bonchev–Trinajstić information content (AvgIpc) is 2.42. The van der Waals surface area contributed by atoms with Crippen LogP contribution in [0.4, 0.5) is 32.0 Å². The molecule has 1 aliphatic rings. The number of benzene rings is 1. The predicted octanol–water partition coefficient (Wildman–Crippen LogP) is 3.86. The lowest BCUT2D eigenvalue weighted by molar-refractivity contribution is -0.222. The average molecular weight is 383 g/mol. The fourth-order valence-electron chi connectivity index (χ4n) is 2.02. The summed E-state index contributed by atoms with van der Waals surface area (Å²) in [6.07, 6.45) is -9.36. The molecule has 1 saturated heterocycles. The van der Waals surface area contributed by atoms with Gasteiger partial charge in [0.2, 0.25) is 0 Å². The van der Waals surface area contributed by atoms with Crippen LogP contribution in [0.5, 0.6) is 0 Å². The minimum absolute atomic E-state index is 0.212. The van der Waals surface area contributed by atoms with E-state index in [0.717, 1.165) is 0 Å². The van der Waals surface area contributed by atoms with E-state index in [1.165, 1.54) is 13.8 Å². The standard InChI is InChI=1S/C15H11F6NO4/c1-13(2)25-11(23)8(12(24)26-13)6-22-10-5-7(14(16,17)18)3-4-9(10)15(19,20)21/h3-6,22H,1-2H3. The Morgan fingerprint density at radius 3 is 1.96 bits per heavy atom. The highest BCUT2D eigenvalue weighted by Crippen LogP contribution is 2.39. The van der Waals surface area contributed by atoms with Crippen molar-refractivity contribution in [3.05, 3.63) is 41.1 Å². The van der Waals surface area contributed by atoms with Gasteiger partial charge in [0.15, 0.2) is 5.57 Å². The van der Waals surface area contributed by atoms with Gasteiger partial charge in [-0.25, -0.2) is 9.59 Å². The summed E-state index contributed by atoms with van der Waals surface area (Å²) < 4.78 is 86.6. The van der Waals surface area contributed by atoms with Crippen LogP contribution in [0.2, 0.25) is 0 Å². The van der Waals surface area contributed by atoms with E-state index < -0.39 is 52.5 Å². The summed E-state index contributed by atoms with van der Waals surface area (Å²) in [7, 11) is 0. The summed E-state index contributed by atoms with van der Waals surface area (Å²) in [4.78, 5) is 23.4. The molecule has 26 heavy (non-hydrogen) atoms. The van der Waals surface area contributed by atoms with Crippen molar-refractivity contribution in [1.82, 2.24) is 0 Å². The van der Waals surface area contributed by atoms with Gasteiger partial charge in [-0.3, -0.25) is 0 Å². The summed E-state index contributed by atoms with van der Waals surface area (Å²) in [5.41, 5.74) is -4.55. The molecule has 0 atom stereocenters. The van der Waals surface area contributed by atoms with Crippen molar-refractivity contribution in [1.29, 1.82) is 0 Å². The van der Waals surface area contributed by atoms with E-state index in [9.17, 15) is 35.9 Å². The number of alkyl halides is 6. The van der Waals surface area contributed by atoms with Gasteiger partial charge in [0.1, 0.15) is 0 Å². The van der Waals surface area contributed by atoms with Crippen molar-refractivity contribution in [2.24, 2.45) is 0 Å². The van der Waals surface area contributed by atoms with Crippen LogP contribution in [0.3, 0.4) is 0 Å².